The van der Waals surface area contributed by atoms with Gasteiger partial charge in [-0.15, -0.1) is 0 Å². The molecule has 0 saturated heterocycles. The zero-order valence-electron chi connectivity index (χ0n) is 12.5. The van der Waals surface area contributed by atoms with Crippen LogP contribution in [0.2, 0.25) is 0 Å². The molecule has 0 unspecified atom stereocenters. The number of benzene rings is 1. The van der Waals surface area contributed by atoms with Crippen LogP contribution in [-0.2, 0) is 13.1 Å². The molecule has 1 aromatic heterocycles. The van der Waals surface area contributed by atoms with Crippen LogP contribution in [0.25, 0.3) is 10.4 Å². The first-order valence-corrected chi connectivity index (χ1v) is 7.82. The highest BCUT2D eigenvalue weighted by atomic mass is 32.2. The molecule has 0 saturated carbocycles. The van der Waals surface area contributed by atoms with E-state index >= 15 is 0 Å². The summed E-state index contributed by atoms with van der Waals surface area (Å²) < 4.78 is 2.16. The van der Waals surface area contributed by atoms with Gasteiger partial charge in [-0.25, -0.2) is 4.98 Å². The fraction of sp³-hybridized carbons (Fsp3) is 0.400. The molecule has 0 spiro atoms. The van der Waals surface area contributed by atoms with Crippen LogP contribution >= 0.6 is 11.8 Å². The Labute approximate surface area is 129 Å². The highest BCUT2D eigenvalue weighted by Gasteiger charge is 2.19. The summed E-state index contributed by atoms with van der Waals surface area (Å²) in [5.74, 6) is 1.20. The quantitative estimate of drug-likeness (QED) is 0.428. The van der Waals surface area contributed by atoms with Gasteiger partial charge < -0.3 is 4.57 Å². The van der Waals surface area contributed by atoms with Crippen LogP contribution in [0.1, 0.15) is 38.2 Å². The highest BCUT2D eigenvalue weighted by molar-refractivity contribution is 7.99. The van der Waals surface area contributed by atoms with E-state index in [1.807, 2.05) is 18.2 Å². The number of hydrogen-bond acceptors (Lipinski definition) is 3. The van der Waals surface area contributed by atoms with E-state index in [9.17, 15) is 0 Å². The van der Waals surface area contributed by atoms with Crippen LogP contribution < -0.4 is 0 Å². The summed E-state index contributed by atoms with van der Waals surface area (Å²) in [6.07, 6.45) is 0. The van der Waals surface area contributed by atoms with Crippen molar-refractivity contribution in [1.82, 2.24) is 9.55 Å². The normalized spacial score (nSPS) is 10.7. The van der Waals surface area contributed by atoms with E-state index in [0.29, 0.717) is 12.5 Å². The first kappa shape index (κ1) is 15.5. The molecule has 0 aliphatic heterocycles. The van der Waals surface area contributed by atoms with Gasteiger partial charge in [-0.2, -0.15) is 0 Å². The summed E-state index contributed by atoms with van der Waals surface area (Å²) in [6, 6.07) is 10.2. The largest absolute Gasteiger partial charge is 0.331 e. The number of rotatable bonds is 6. The van der Waals surface area contributed by atoms with Crippen molar-refractivity contribution in [1.29, 1.82) is 0 Å². The maximum atomic E-state index is 8.53. The lowest BCUT2D eigenvalue weighted by Gasteiger charge is -2.12. The first-order valence-electron chi connectivity index (χ1n) is 7.00. The van der Waals surface area contributed by atoms with Crippen LogP contribution in [0.4, 0.5) is 0 Å². The molecule has 6 heteroatoms. The number of hydrogen-bond donors (Lipinski definition) is 0. The molecule has 2 rings (SSSR count). The maximum absolute atomic E-state index is 8.53. The number of azide groups is 1. The molecule has 110 valence electrons. The lowest BCUT2D eigenvalue weighted by Crippen LogP contribution is -2.06. The maximum Gasteiger partial charge on any atom is 0.123 e. The molecule has 1 heterocycles. The first-order chi connectivity index (χ1) is 10.2. The summed E-state index contributed by atoms with van der Waals surface area (Å²) in [7, 11) is 0. The summed E-state index contributed by atoms with van der Waals surface area (Å²) >= 11 is 1.66. The van der Waals surface area contributed by atoms with E-state index in [2.05, 4.69) is 47.5 Å². The van der Waals surface area contributed by atoms with E-state index in [4.69, 9.17) is 10.5 Å². The van der Waals surface area contributed by atoms with Crippen LogP contribution in [0, 0.1) is 0 Å². The van der Waals surface area contributed by atoms with Gasteiger partial charge in [0.1, 0.15) is 10.9 Å². The summed E-state index contributed by atoms with van der Waals surface area (Å²) in [6.45, 7) is 7.53. The Morgan fingerprint density at radius 3 is 2.62 bits per heavy atom. The average molecular weight is 301 g/mol. The van der Waals surface area contributed by atoms with Crippen LogP contribution in [0.15, 0.2) is 45.4 Å². The van der Waals surface area contributed by atoms with Crippen LogP contribution in [0.3, 0.4) is 0 Å². The minimum atomic E-state index is 0.291. The van der Waals surface area contributed by atoms with Gasteiger partial charge >= 0.3 is 0 Å². The van der Waals surface area contributed by atoms with Gasteiger partial charge in [0.15, 0.2) is 0 Å². The van der Waals surface area contributed by atoms with Gasteiger partial charge in [0.25, 0.3) is 0 Å². The zero-order chi connectivity index (χ0) is 15.2. The highest BCUT2D eigenvalue weighted by Crippen LogP contribution is 2.34. The molecule has 0 aliphatic carbocycles. The molecule has 0 fully saturated rings. The molecule has 0 radical (unpaired) electrons. The number of nitrogens with zero attached hydrogens (tertiary/aromatic N) is 5. The molecule has 1 aromatic carbocycles. The molecule has 2 aromatic rings. The zero-order valence-corrected chi connectivity index (χ0v) is 13.3. The topological polar surface area (TPSA) is 66.6 Å². The molecular formula is C15H19N5S. The van der Waals surface area contributed by atoms with Crippen molar-refractivity contribution in [3.8, 4) is 0 Å². The molecular weight excluding hydrogens is 282 g/mol. The van der Waals surface area contributed by atoms with Crippen LogP contribution in [-0.4, -0.2) is 9.55 Å². The third kappa shape index (κ3) is 3.60. The minimum absolute atomic E-state index is 0.291. The third-order valence-electron chi connectivity index (χ3n) is 3.15. The summed E-state index contributed by atoms with van der Waals surface area (Å²) in [5.41, 5.74) is 9.73. The van der Waals surface area contributed by atoms with E-state index in [1.165, 1.54) is 5.69 Å². The lowest BCUT2D eigenvalue weighted by molar-refractivity contribution is 0.631. The van der Waals surface area contributed by atoms with Gasteiger partial charge in [-0.1, -0.05) is 48.9 Å². The van der Waals surface area contributed by atoms with Crippen molar-refractivity contribution in [2.75, 3.05) is 0 Å². The molecule has 5 nitrogen and oxygen atoms in total. The summed E-state index contributed by atoms with van der Waals surface area (Å²) in [4.78, 5) is 8.70. The second-order valence-electron chi connectivity index (χ2n) is 4.92. The molecule has 0 N–H and O–H groups in total. The van der Waals surface area contributed by atoms with Crippen molar-refractivity contribution in [2.45, 2.75) is 49.7 Å². The number of aromatic nitrogens is 2. The van der Waals surface area contributed by atoms with E-state index in [0.717, 1.165) is 22.3 Å². The molecule has 0 amide bonds. The molecule has 0 atom stereocenters. The van der Waals surface area contributed by atoms with Crippen molar-refractivity contribution in [3.05, 3.63) is 52.3 Å². The average Bonchev–Trinajstić information content (AvgIpc) is 2.83. The second-order valence-corrected chi connectivity index (χ2v) is 5.98. The van der Waals surface area contributed by atoms with Gasteiger partial charge in [0.05, 0.1) is 12.2 Å². The SMILES string of the molecule is CCn1c(CN=[N+]=[N-])nc(Sc2ccccc2)c1C(C)C. The predicted molar refractivity (Wildman–Crippen MR) is 85.4 cm³/mol. The Morgan fingerprint density at radius 1 is 1.33 bits per heavy atom. The van der Waals surface area contributed by atoms with Crippen molar-refractivity contribution < 1.29 is 0 Å². The molecule has 21 heavy (non-hydrogen) atoms. The van der Waals surface area contributed by atoms with E-state index in [-0.39, 0.29) is 0 Å². The smallest absolute Gasteiger partial charge is 0.123 e. The Morgan fingerprint density at radius 2 is 2.05 bits per heavy atom. The standard InChI is InChI=1S/C15H19N5S/c1-4-20-13(10-17-19-16)18-15(14(20)11(2)3)21-12-8-6-5-7-9-12/h5-9,11H,4,10H2,1-3H3. The Bertz CT molecular complexity index is 642. The van der Waals surface area contributed by atoms with Crippen molar-refractivity contribution in [2.24, 2.45) is 5.11 Å². The van der Waals surface area contributed by atoms with Crippen molar-refractivity contribution in [3.63, 3.8) is 0 Å². The third-order valence-corrected chi connectivity index (χ3v) is 4.15. The van der Waals surface area contributed by atoms with Crippen molar-refractivity contribution >= 4 is 11.8 Å². The minimum Gasteiger partial charge on any atom is -0.331 e. The molecule has 0 bridgehead atoms. The predicted octanol–water partition coefficient (Wildman–Crippen LogP) is 4.99. The fourth-order valence-electron chi connectivity index (χ4n) is 2.29. The van der Waals surface area contributed by atoms with E-state index < -0.39 is 0 Å². The Hall–Kier alpha value is -1.91. The van der Waals surface area contributed by atoms with Gasteiger partial charge in [0.2, 0.25) is 0 Å². The van der Waals surface area contributed by atoms with E-state index in [1.54, 1.807) is 11.8 Å². The van der Waals surface area contributed by atoms with Gasteiger partial charge in [-0.05, 0) is 30.5 Å². The van der Waals surface area contributed by atoms with Gasteiger partial charge in [-0.3, -0.25) is 0 Å². The van der Waals surface area contributed by atoms with Crippen LogP contribution in [0.5, 0.6) is 0 Å². The Balaban J connectivity index is 2.43. The lowest BCUT2D eigenvalue weighted by atomic mass is 10.1. The molecule has 0 aliphatic rings. The van der Waals surface area contributed by atoms with Gasteiger partial charge in [0, 0.05) is 16.4 Å². The monoisotopic (exact) mass is 301 g/mol. The Kier molecular flexibility index (Phi) is 5.31. The second kappa shape index (κ2) is 7.20. The fourth-order valence-corrected chi connectivity index (χ4v) is 3.41. The summed E-state index contributed by atoms with van der Waals surface area (Å²) in [5, 5.41) is 4.66. The number of imidazole rings is 1.